The normalized spacial score (nSPS) is 24.4. The lowest BCUT2D eigenvalue weighted by Gasteiger charge is -2.21. The summed E-state index contributed by atoms with van der Waals surface area (Å²) in [6.07, 6.45) is 2.94. The molecule has 0 aromatic carbocycles. The van der Waals surface area contributed by atoms with Gasteiger partial charge >= 0.3 is 0 Å². The summed E-state index contributed by atoms with van der Waals surface area (Å²) in [4.78, 5) is 0. The van der Waals surface area contributed by atoms with Crippen molar-refractivity contribution in [3.8, 4) is 0 Å². The zero-order chi connectivity index (χ0) is 11.6. The number of hydrogen-bond donors (Lipinski definition) is 2. The van der Waals surface area contributed by atoms with Crippen LogP contribution in [-0.4, -0.2) is 34.7 Å². The number of sulfone groups is 1. The minimum Gasteiger partial charge on any atom is -0.390 e. The van der Waals surface area contributed by atoms with Gasteiger partial charge in [0.2, 0.25) is 0 Å². The first-order chi connectivity index (χ1) is 7.62. The highest BCUT2D eigenvalue weighted by molar-refractivity contribution is 7.92. The number of aromatic amines is 1. The zero-order valence-electron chi connectivity index (χ0n) is 9.02. The fraction of sp³-hybridized carbons (Fsp3) is 0.700. The van der Waals surface area contributed by atoms with E-state index in [1.54, 1.807) is 6.07 Å². The minimum absolute atomic E-state index is 0.0928. The molecule has 90 valence electrons. The Kier molecular flexibility index (Phi) is 3.30. The van der Waals surface area contributed by atoms with Crippen LogP contribution in [0.3, 0.4) is 0 Å². The summed E-state index contributed by atoms with van der Waals surface area (Å²) in [7, 11) is -2.94. The highest BCUT2D eigenvalue weighted by atomic mass is 32.2. The molecule has 1 aromatic rings. The maximum Gasteiger partial charge on any atom is 0.153 e. The molecular formula is C10H16N2O3S. The standard InChI is InChI=1S/C10H16N2O3S/c13-7-9-5-8(11-12-9)6-10-3-1-2-4-16(10,14)15/h5,10,13H,1-4,6-7H2,(H,11,12). The topological polar surface area (TPSA) is 83.0 Å². The van der Waals surface area contributed by atoms with E-state index in [0.29, 0.717) is 17.9 Å². The van der Waals surface area contributed by atoms with E-state index in [0.717, 1.165) is 25.0 Å². The molecule has 2 heterocycles. The Balaban J connectivity index is 2.08. The van der Waals surface area contributed by atoms with Crippen LogP contribution in [0.1, 0.15) is 30.7 Å². The number of rotatable bonds is 3. The van der Waals surface area contributed by atoms with E-state index in [4.69, 9.17) is 5.11 Å². The van der Waals surface area contributed by atoms with Gasteiger partial charge in [-0.25, -0.2) is 8.42 Å². The molecule has 0 amide bonds. The van der Waals surface area contributed by atoms with Gasteiger partial charge in [0.25, 0.3) is 0 Å². The van der Waals surface area contributed by atoms with Crippen molar-refractivity contribution < 1.29 is 13.5 Å². The first-order valence-electron chi connectivity index (χ1n) is 5.47. The van der Waals surface area contributed by atoms with E-state index in [2.05, 4.69) is 10.2 Å². The lowest BCUT2D eigenvalue weighted by molar-refractivity contribution is 0.276. The average molecular weight is 244 g/mol. The van der Waals surface area contributed by atoms with E-state index >= 15 is 0 Å². The second kappa shape index (κ2) is 4.55. The Labute approximate surface area is 94.8 Å². The van der Waals surface area contributed by atoms with Gasteiger partial charge in [0.1, 0.15) is 0 Å². The predicted octanol–water partition coefficient (Wildman–Crippen LogP) is 0.412. The van der Waals surface area contributed by atoms with Crippen molar-refractivity contribution in [2.24, 2.45) is 0 Å². The number of aliphatic hydroxyl groups is 1. The van der Waals surface area contributed by atoms with Gasteiger partial charge in [-0.3, -0.25) is 5.10 Å². The summed E-state index contributed by atoms with van der Waals surface area (Å²) in [6.45, 7) is -0.0928. The van der Waals surface area contributed by atoms with Gasteiger partial charge in [-0.2, -0.15) is 5.10 Å². The van der Waals surface area contributed by atoms with E-state index in [-0.39, 0.29) is 11.9 Å². The first kappa shape index (κ1) is 11.6. The highest BCUT2D eigenvalue weighted by Crippen LogP contribution is 2.22. The fourth-order valence-electron chi connectivity index (χ4n) is 2.08. The highest BCUT2D eigenvalue weighted by Gasteiger charge is 2.29. The van der Waals surface area contributed by atoms with E-state index in [9.17, 15) is 8.42 Å². The van der Waals surface area contributed by atoms with Crippen molar-refractivity contribution in [1.29, 1.82) is 0 Å². The third-order valence-corrected chi connectivity index (χ3v) is 5.28. The van der Waals surface area contributed by atoms with E-state index in [1.807, 2.05) is 0 Å². The van der Waals surface area contributed by atoms with Crippen molar-refractivity contribution in [3.63, 3.8) is 0 Å². The summed E-state index contributed by atoms with van der Waals surface area (Å²) >= 11 is 0. The van der Waals surface area contributed by atoms with Crippen LogP contribution < -0.4 is 0 Å². The molecule has 2 N–H and O–H groups in total. The largest absolute Gasteiger partial charge is 0.390 e. The lowest BCUT2D eigenvalue weighted by Crippen LogP contribution is -2.30. The molecule has 6 heteroatoms. The second-order valence-electron chi connectivity index (χ2n) is 4.23. The molecule has 0 spiro atoms. The molecule has 5 nitrogen and oxygen atoms in total. The van der Waals surface area contributed by atoms with E-state index in [1.165, 1.54) is 0 Å². The Morgan fingerprint density at radius 3 is 2.94 bits per heavy atom. The molecule has 16 heavy (non-hydrogen) atoms. The molecule has 1 fully saturated rings. The molecule has 0 radical (unpaired) electrons. The molecule has 1 saturated heterocycles. The number of aliphatic hydroxyl groups excluding tert-OH is 1. The van der Waals surface area contributed by atoms with Gasteiger partial charge < -0.3 is 5.11 Å². The van der Waals surface area contributed by atoms with Crippen molar-refractivity contribution in [2.75, 3.05) is 5.75 Å². The number of aromatic nitrogens is 2. The Bertz CT molecular complexity index is 452. The molecule has 0 bridgehead atoms. The monoisotopic (exact) mass is 244 g/mol. The molecule has 0 saturated carbocycles. The van der Waals surface area contributed by atoms with Crippen LogP contribution in [0.4, 0.5) is 0 Å². The molecular weight excluding hydrogens is 228 g/mol. The van der Waals surface area contributed by atoms with Crippen molar-refractivity contribution in [2.45, 2.75) is 37.5 Å². The van der Waals surface area contributed by atoms with Crippen LogP contribution in [0.5, 0.6) is 0 Å². The first-order valence-corrected chi connectivity index (χ1v) is 7.19. The van der Waals surface area contributed by atoms with Crippen LogP contribution in [0.2, 0.25) is 0 Å². The lowest BCUT2D eigenvalue weighted by atomic mass is 10.1. The van der Waals surface area contributed by atoms with Crippen LogP contribution in [0, 0.1) is 0 Å². The molecule has 1 unspecified atom stereocenters. The van der Waals surface area contributed by atoms with Gasteiger partial charge in [0.15, 0.2) is 9.84 Å². The van der Waals surface area contributed by atoms with Gasteiger partial charge in [-0.1, -0.05) is 6.42 Å². The Hall–Kier alpha value is -0.880. The second-order valence-corrected chi connectivity index (χ2v) is 6.63. The van der Waals surface area contributed by atoms with Gasteiger partial charge in [-0.05, 0) is 18.9 Å². The quantitative estimate of drug-likeness (QED) is 0.806. The summed E-state index contributed by atoms with van der Waals surface area (Å²) < 4.78 is 23.6. The molecule has 1 aromatic heterocycles. The molecule has 1 aliphatic heterocycles. The molecule has 0 aliphatic carbocycles. The minimum atomic E-state index is -2.94. The third kappa shape index (κ3) is 2.44. The SMILES string of the molecule is O=S1(=O)CCCCC1Cc1cc(CO)[nH]n1. The summed E-state index contributed by atoms with van der Waals surface area (Å²) in [5, 5.41) is 15.2. The van der Waals surface area contributed by atoms with Crippen LogP contribution >= 0.6 is 0 Å². The number of nitrogens with zero attached hydrogens (tertiary/aromatic N) is 1. The number of hydrogen-bond acceptors (Lipinski definition) is 4. The van der Waals surface area contributed by atoms with Crippen molar-refractivity contribution in [3.05, 3.63) is 17.5 Å². The van der Waals surface area contributed by atoms with Crippen molar-refractivity contribution in [1.82, 2.24) is 10.2 Å². The number of nitrogens with one attached hydrogen (secondary N) is 1. The summed E-state index contributed by atoms with van der Waals surface area (Å²) in [6, 6.07) is 1.73. The third-order valence-electron chi connectivity index (χ3n) is 3.00. The van der Waals surface area contributed by atoms with Crippen molar-refractivity contribution >= 4 is 9.84 Å². The smallest absolute Gasteiger partial charge is 0.153 e. The zero-order valence-corrected chi connectivity index (χ0v) is 9.83. The summed E-state index contributed by atoms with van der Waals surface area (Å²) in [5.74, 6) is 0.301. The van der Waals surface area contributed by atoms with Gasteiger partial charge in [-0.15, -0.1) is 0 Å². The Morgan fingerprint density at radius 1 is 1.50 bits per heavy atom. The van der Waals surface area contributed by atoms with Crippen LogP contribution in [0.25, 0.3) is 0 Å². The molecule has 1 atom stereocenters. The van der Waals surface area contributed by atoms with Crippen LogP contribution in [-0.2, 0) is 22.9 Å². The average Bonchev–Trinajstić information content (AvgIpc) is 2.69. The molecule has 2 rings (SSSR count). The maximum atomic E-state index is 11.8. The predicted molar refractivity (Wildman–Crippen MR) is 59.6 cm³/mol. The van der Waals surface area contributed by atoms with Crippen LogP contribution in [0.15, 0.2) is 6.07 Å². The number of H-pyrrole nitrogens is 1. The van der Waals surface area contributed by atoms with E-state index < -0.39 is 9.84 Å². The Morgan fingerprint density at radius 2 is 2.31 bits per heavy atom. The maximum absolute atomic E-state index is 11.8. The van der Waals surface area contributed by atoms with Gasteiger partial charge in [0.05, 0.1) is 29.0 Å². The fourth-order valence-corrected chi connectivity index (χ4v) is 3.97. The molecule has 1 aliphatic rings. The van der Waals surface area contributed by atoms with Gasteiger partial charge in [0, 0.05) is 6.42 Å². The summed E-state index contributed by atoms with van der Waals surface area (Å²) in [5.41, 5.74) is 1.35.